The fourth-order valence-electron chi connectivity index (χ4n) is 2.19. The van der Waals surface area contributed by atoms with Gasteiger partial charge in [-0.25, -0.2) is 4.39 Å². The number of aryl methyl sites for hydroxylation is 1. The van der Waals surface area contributed by atoms with E-state index in [-0.39, 0.29) is 11.3 Å². The Morgan fingerprint density at radius 3 is 2.86 bits per heavy atom. The highest BCUT2D eigenvalue weighted by Crippen LogP contribution is 2.22. The van der Waals surface area contributed by atoms with Crippen LogP contribution in [0.2, 0.25) is 0 Å². The van der Waals surface area contributed by atoms with E-state index in [4.69, 9.17) is 4.74 Å². The number of hydrogen-bond acceptors (Lipinski definition) is 4. The van der Waals surface area contributed by atoms with Crippen LogP contribution < -0.4 is 10.3 Å². The monoisotopic (exact) mass is 288 g/mol. The molecule has 108 valence electrons. The van der Waals surface area contributed by atoms with E-state index in [1.165, 1.54) is 23.8 Å². The molecule has 0 unspecified atom stereocenters. The molecule has 0 radical (unpaired) electrons. The number of ether oxygens (including phenoxy) is 1. The van der Waals surface area contributed by atoms with E-state index in [0.29, 0.717) is 17.3 Å². The number of hydrogen-bond donors (Lipinski definition) is 0. The summed E-state index contributed by atoms with van der Waals surface area (Å²) in [5.41, 5.74) is 0.515. The molecule has 0 spiro atoms. The molecule has 21 heavy (non-hydrogen) atoms. The minimum absolute atomic E-state index is 0.121. The standard InChI is InChI=1S/C14H13FN4O2/c1-18-10(7-16-17-18)8-19-4-3-9-5-13(21-2)12(15)6-11(9)14(19)20/h3-7H,8H2,1-2H3. The lowest BCUT2D eigenvalue weighted by Gasteiger charge is -2.08. The zero-order chi connectivity index (χ0) is 15.0. The summed E-state index contributed by atoms with van der Waals surface area (Å²) < 4.78 is 21.8. The maximum absolute atomic E-state index is 13.8. The average Bonchev–Trinajstić information content (AvgIpc) is 2.87. The van der Waals surface area contributed by atoms with Gasteiger partial charge in [-0.1, -0.05) is 5.21 Å². The molecule has 6 nitrogen and oxygen atoms in total. The summed E-state index contributed by atoms with van der Waals surface area (Å²) in [7, 11) is 3.14. The fourth-order valence-corrected chi connectivity index (χ4v) is 2.19. The van der Waals surface area contributed by atoms with Crippen molar-refractivity contribution in [2.24, 2.45) is 7.05 Å². The van der Waals surface area contributed by atoms with Crippen molar-refractivity contribution in [3.05, 3.63) is 52.5 Å². The van der Waals surface area contributed by atoms with Gasteiger partial charge in [0.15, 0.2) is 11.6 Å². The second kappa shape index (κ2) is 5.01. The largest absolute Gasteiger partial charge is 0.494 e. The summed E-state index contributed by atoms with van der Waals surface area (Å²) in [6.45, 7) is 0.325. The zero-order valence-corrected chi connectivity index (χ0v) is 11.6. The predicted octanol–water partition coefficient (Wildman–Crippen LogP) is 1.33. The maximum atomic E-state index is 13.8. The van der Waals surface area contributed by atoms with E-state index < -0.39 is 5.82 Å². The highest BCUT2D eigenvalue weighted by molar-refractivity contribution is 5.83. The van der Waals surface area contributed by atoms with E-state index in [1.807, 2.05) is 0 Å². The number of nitrogens with zero attached hydrogens (tertiary/aromatic N) is 4. The minimum atomic E-state index is -0.554. The summed E-state index contributed by atoms with van der Waals surface area (Å²) in [4.78, 5) is 12.4. The lowest BCUT2D eigenvalue weighted by atomic mass is 10.1. The molecule has 0 atom stereocenters. The molecule has 2 heterocycles. The lowest BCUT2D eigenvalue weighted by molar-refractivity contribution is 0.387. The van der Waals surface area contributed by atoms with E-state index >= 15 is 0 Å². The van der Waals surface area contributed by atoms with Gasteiger partial charge in [0, 0.05) is 13.2 Å². The summed E-state index contributed by atoms with van der Waals surface area (Å²) in [5, 5.41) is 8.53. The fraction of sp³-hybridized carbons (Fsp3) is 0.214. The van der Waals surface area contributed by atoms with Crippen molar-refractivity contribution in [2.45, 2.75) is 6.54 Å². The number of methoxy groups -OCH3 is 1. The van der Waals surface area contributed by atoms with E-state index in [9.17, 15) is 9.18 Å². The topological polar surface area (TPSA) is 61.9 Å². The van der Waals surface area contributed by atoms with Crippen LogP contribution in [0, 0.1) is 5.82 Å². The molecule has 0 aliphatic rings. The Morgan fingerprint density at radius 1 is 1.38 bits per heavy atom. The van der Waals surface area contributed by atoms with Crippen LogP contribution in [0.1, 0.15) is 5.69 Å². The van der Waals surface area contributed by atoms with E-state index in [0.717, 1.165) is 5.69 Å². The third-order valence-electron chi connectivity index (χ3n) is 3.39. The molecule has 0 N–H and O–H groups in total. The number of benzene rings is 1. The van der Waals surface area contributed by atoms with Crippen LogP contribution in [0.3, 0.4) is 0 Å². The van der Waals surface area contributed by atoms with Gasteiger partial charge in [0.1, 0.15) is 0 Å². The van der Waals surface area contributed by atoms with Gasteiger partial charge in [0.05, 0.1) is 30.9 Å². The average molecular weight is 288 g/mol. The van der Waals surface area contributed by atoms with Gasteiger partial charge in [0.2, 0.25) is 0 Å². The Labute approximate surface area is 119 Å². The molecular formula is C14H13FN4O2. The van der Waals surface area contributed by atoms with Crippen molar-refractivity contribution in [2.75, 3.05) is 7.11 Å². The van der Waals surface area contributed by atoms with Crippen LogP contribution in [0.25, 0.3) is 10.8 Å². The summed E-state index contributed by atoms with van der Waals surface area (Å²) >= 11 is 0. The molecule has 3 aromatic rings. The van der Waals surface area contributed by atoms with Crippen molar-refractivity contribution in [1.29, 1.82) is 0 Å². The van der Waals surface area contributed by atoms with Gasteiger partial charge in [-0.05, 0) is 23.6 Å². The smallest absolute Gasteiger partial charge is 0.258 e. The van der Waals surface area contributed by atoms with Crippen molar-refractivity contribution < 1.29 is 9.13 Å². The number of rotatable bonds is 3. The minimum Gasteiger partial charge on any atom is -0.494 e. The zero-order valence-electron chi connectivity index (χ0n) is 11.6. The third-order valence-corrected chi connectivity index (χ3v) is 3.39. The maximum Gasteiger partial charge on any atom is 0.258 e. The molecular weight excluding hydrogens is 275 g/mol. The number of halogens is 1. The Balaban J connectivity index is 2.12. The molecule has 7 heteroatoms. The summed E-state index contributed by atoms with van der Waals surface area (Å²) in [5.74, 6) is -0.433. The summed E-state index contributed by atoms with van der Waals surface area (Å²) in [6, 6.07) is 4.47. The van der Waals surface area contributed by atoms with E-state index in [1.54, 1.807) is 30.2 Å². The van der Waals surface area contributed by atoms with Crippen LogP contribution in [0.15, 0.2) is 35.4 Å². The number of pyridine rings is 1. The molecule has 0 saturated carbocycles. The normalized spacial score (nSPS) is 11.0. The molecule has 0 fully saturated rings. The summed E-state index contributed by atoms with van der Waals surface area (Å²) in [6.07, 6.45) is 3.25. The first-order chi connectivity index (χ1) is 10.1. The van der Waals surface area contributed by atoms with Crippen LogP contribution in [-0.2, 0) is 13.6 Å². The lowest BCUT2D eigenvalue weighted by Crippen LogP contribution is -2.21. The first kappa shape index (κ1) is 13.3. The molecule has 0 aliphatic carbocycles. The molecule has 0 bridgehead atoms. The van der Waals surface area contributed by atoms with Gasteiger partial charge in [-0.15, -0.1) is 5.10 Å². The van der Waals surface area contributed by atoms with E-state index in [2.05, 4.69) is 10.3 Å². The van der Waals surface area contributed by atoms with Crippen molar-refractivity contribution in [3.8, 4) is 5.75 Å². The molecule has 0 aliphatic heterocycles. The van der Waals surface area contributed by atoms with Gasteiger partial charge in [-0.3, -0.25) is 9.48 Å². The first-order valence-electron chi connectivity index (χ1n) is 6.30. The molecule has 3 rings (SSSR count). The molecule has 2 aromatic heterocycles. The quantitative estimate of drug-likeness (QED) is 0.729. The predicted molar refractivity (Wildman–Crippen MR) is 74.8 cm³/mol. The second-order valence-corrected chi connectivity index (χ2v) is 4.67. The molecule has 1 aromatic carbocycles. The first-order valence-corrected chi connectivity index (χ1v) is 6.30. The number of aromatic nitrogens is 4. The highest BCUT2D eigenvalue weighted by atomic mass is 19.1. The van der Waals surface area contributed by atoms with Gasteiger partial charge in [-0.2, -0.15) is 0 Å². The second-order valence-electron chi connectivity index (χ2n) is 4.67. The molecule has 0 amide bonds. The SMILES string of the molecule is COc1cc2ccn(Cc3cnnn3C)c(=O)c2cc1F. The van der Waals surface area contributed by atoms with Gasteiger partial charge < -0.3 is 9.30 Å². The third kappa shape index (κ3) is 2.26. The van der Waals surface area contributed by atoms with Crippen LogP contribution in [0.4, 0.5) is 4.39 Å². The van der Waals surface area contributed by atoms with Crippen LogP contribution in [-0.4, -0.2) is 26.7 Å². The van der Waals surface area contributed by atoms with Gasteiger partial charge >= 0.3 is 0 Å². The highest BCUT2D eigenvalue weighted by Gasteiger charge is 2.10. The van der Waals surface area contributed by atoms with Crippen molar-refractivity contribution in [3.63, 3.8) is 0 Å². The molecule has 0 saturated heterocycles. The Morgan fingerprint density at radius 2 is 2.19 bits per heavy atom. The Kier molecular flexibility index (Phi) is 3.17. The Bertz CT molecular complexity index is 869. The van der Waals surface area contributed by atoms with Crippen LogP contribution >= 0.6 is 0 Å². The number of fused-ring (bicyclic) bond motifs is 1. The van der Waals surface area contributed by atoms with Crippen molar-refractivity contribution >= 4 is 10.8 Å². The van der Waals surface area contributed by atoms with Crippen LogP contribution in [0.5, 0.6) is 5.75 Å². The van der Waals surface area contributed by atoms with Crippen molar-refractivity contribution in [1.82, 2.24) is 19.6 Å². The van der Waals surface area contributed by atoms with Gasteiger partial charge in [0.25, 0.3) is 5.56 Å². The Hall–Kier alpha value is -2.70.